The molecular weight excluding hydrogens is 256 g/mol. The zero-order chi connectivity index (χ0) is 15.4. The average Bonchev–Trinajstić information content (AvgIpc) is 2.41. The van der Waals surface area contributed by atoms with Crippen molar-refractivity contribution in [3.63, 3.8) is 0 Å². The van der Waals surface area contributed by atoms with Crippen molar-refractivity contribution in [3.8, 4) is 0 Å². The second-order valence-corrected chi connectivity index (χ2v) is 5.19. The summed E-state index contributed by atoms with van der Waals surface area (Å²) in [6, 6.07) is 0. The number of rotatable bonds is 11. The second-order valence-electron chi connectivity index (χ2n) is 5.19. The van der Waals surface area contributed by atoms with Gasteiger partial charge in [-0.3, -0.25) is 9.59 Å². The Hall–Kier alpha value is -1.32. The molecule has 0 rings (SSSR count). The third kappa shape index (κ3) is 9.59. The van der Waals surface area contributed by atoms with Gasteiger partial charge in [-0.15, -0.1) is 6.58 Å². The number of carbonyl (C=O) groups excluding carboxylic acids is 2. The Morgan fingerprint density at radius 1 is 1.15 bits per heavy atom. The SMILES string of the molecule is C=CCCCCOC(=O)CCC(=O)OC(CC)C(C)C. The van der Waals surface area contributed by atoms with Gasteiger partial charge >= 0.3 is 11.9 Å². The van der Waals surface area contributed by atoms with E-state index in [0.29, 0.717) is 12.5 Å². The van der Waals surface area contributed by atoms with Gasteiger partial charge in [0.15, 0.2) is 0 Å². The van der Waals surface area contributed by atoms with Crippen LogP contribution in [0.3, 0.4) is 0 Å². The Morgan fingerprint density at radius 3 is 2.35 bits per heavy atom. The highest BCUT2D eigenvalue weighted by atomic mass is 16.5. The Kier molecular flexibility index (Phi) is 10.7. The van der Waals surface area contributed by atoms with Crippen molar-refractivity contribution >= 4 is 11.9 Å². The first kappa shape index (κ1) is 18.7. The van der Waals surface area contributed by atoms with Gasteiger partial charge in [0.05, 0.1) is 19.4 Å². The highest BCUT2D eigenvalue weighted by Gasteiger charge is 2.17. The van der Waals surface area contributed by atoms with Crippen LogP contribution in [0.5, 0.6) is 0 Å². The molecule has 0 N–H and O–H groups in total. The molecular formula is C16H28O4. The molecule has 0 heterocycles. The zero-order valence-electron chi connectivity index (χ0n) is 13.0. The Morgan fingerprint density at radius 2 is 1.80 bits per heavy atom. The smallest absolute Gasteiger partial charge is 0.306 e. The molecule has 0 saturated heterocycles. The Balaban J connectivity index is 3.72. The van der Waals surface area contributed by atoms with Crippen molar-refractivity contribution in [1.29, 1.82) is 0 Å². The Bertz CT molecular complexity index is 297. The number of hydrogen-bond donors (Lipinski definition) is 0. The number of carbonyl (C=O) groups is 2. The predicted octanol–water partition coefficient (Wildman–Crippen LogP) is 3.64. The summed E-state index contributed by atoms with van der Waals surface area (Å²) in [7, 11) is 0. The Labute approximate surface area is 122 Å². The summed E-state index contributed by atoms with van der Waals surface area (Å²) in [6.07, 6.45) is 5.46. The van der Waals surface area contributed by atoms with Gasteiger partial charge in [0.2, 0.25) is 0 Å². The molecule has 0 aliphatic carbocycles. The van der Waals surface area contributed by atoms with E-state index in [-0.39, 0.29) is 30.9 Å². The summed E-state index contributed by atoms with van der Waals surface area (Å²) in [5.41, 5.74) is 0. The third-order valence-corrected chi connectivity index (χ3v) is 3.03. The van der Waals surface area contributed by atoms with Crippen LogP contribution in [-0.4, -0.2) is 24.6 Å². The highest BCUT2D eigenvalue weighted by molar-refractivity contribution is 5.77. The van der Waals surface area contributed by atoms with E-state index < -0.39 is 0 Å². The predicted molar refractivity (Wildman–Crippen MR) is 79.3 cm³/mol. The van der Waals surface area contributed by atoms with Crippen molar-refractivity contribution < 1.29 is 19.1 Å². The number of allylic oxidation sites excluding steroid dienone is 1. The maximum absolute atomic E-state index is 11.6. The third-order valence-electron chi connectivity index (χ3n) is 3.03. The molecule has 1 unspecified atom stereocenters. The van der Waals surface area contributed by atoms with E-state index in [0.717, 1.165) is 25.7 Å². The van der Waals surface area contributed by atoms with Crippen molar-refractivity contribution in [2.75, 3.05) is 6.61 Å². The van der Waals surface area contributed by atoms with Crippen LogP contribution in [0.25, 0.3) is 0 Å². The highest BCUT2D eigenvalue weighted by Crippen LogP contribution is 2.12. The van der Waals surface area contributed by atoms with E-state index in [1.807, 2.05) is 26.8 Å². The summed E-state index contributed by atoms with van der Waals surface area (Å²) in [4.78, 5) is 23.0. The molecule has 4 heteroatoms. The van der Waals surface area contributed by atoms with E-state index in [1.165, 1.54) is 0 Å². The fraction of sp³-hybridized carbons (Fsp3) is 0.750. The van der Waals surface area contributed by atoms with Crippen LogP contribution in [0.1, 0.15) is 59.3 Å². The van der Waals surface area contributed by atoms with Gasteiger partial charge in [0.1, 0.15) is 6.10 Å². The monoisotopic (exact) mass is 284 g/mol. The van der Waals surface area contributed by atoms with E-state index in [9.17, 15) is 9.59 Å². The van der Waals surface area contributed by atoms with Crippen molar-refractivity contribution in [2.45, 2.75) is 65.4 Å². The summed E-state index contributed by atoms with van der Waals surface area (Å²) < 4.78 is 10.3. The van der Waals surface area contributed by atoms with Gasteiger partial charge in [-0.2, -0.15) is 0 Å². The molecule has 0 spiro atoms. The minimum Gasteiger partial charge on any atom is -0.466 e. The standard InChI is InChI=1S/C16H28O4/c1-5-7-8-9-12-19-15(17)10-11-16(18)20-14(6-2)13(3)4/h5,13-14H,1,6-12H2,2-4H3. The van der Waals surface area contributed by atoms with Gasteiger partial charge in [0, 0.05) is 0 Å². The molecule has 0 amide bonds. The first-order valence-corrected chi connectivity index (χ1v) is 7.47. The van der Waals surface area contributed by atoms with Gasteiger partial charge in [-0.25, -0.2) is 0 Å². The summed E-state index contributed by atoms with van der Waals surface area (Å²) >= 11 is 0. The molecule has 0 aromatic heterocycles. The van der Waals surface area contributed by atoms with Crippen LogP contribution in [0.4, 0.5) is 0 Å². The maximum Gasteiger partial charge on any atom is 0.306 e. The van der Waals surface area contributed by atoms with Crippen molar-refractivity contribution in [1.82, 2.24) is 0 Å². The molecule has 0 fully saturated rings. The first-order valence-electron chi connectivity index (χ1n) is 7.47. The minimum atomic E-state index is -0.335. The molecule has 0 bridgehead atoms. The second kappa shape index (κ2) is 11.5. The quantitative estimate of drug-likeness (QED) is 0.330. The molecule has 0 aromatic carbocycles. The number of hydrogen-bond acceptors (Lipinski definition) is 4. The summed E-state index contributed by atoms with van der Waals surface area (Å²) in [5, 5.41) is 0. The largest absolute Gasteiger partial charge is 0.466 e. The van der Waals surface area contributed by atoms with E-state index >= 15 is 0 Å². The summed E-state index contributed by atoms with van der Waals surface area (Å²) in [6.45, 7) is 10.0. The van der Waals surface area contributed by atoms with Crippen LogP contribution in [0.2, 0.25) is 0 Å². The number of esters is 2. The first-order chi connectivity index (χ1) is 9.51. The fourth-order valence-corrected chi connectivity index (χ4v) is 1.77. The lowest BCUT2D eigenvalue weighted by Gasteiger charge is -2.19. The van der Waals surface area contributed by atoms with Crippen LogP contribution in [-0.2, 0) is 19.1 Å². The zero-order valence-corrected chi connectivity index (χ0v) is 13.0. The summed E-state index contributed by atoms with van der Waals surface area (Å²) in [5.74, 6) is -0.368. The lowest BCUT2D eigenvalue weighted by molar-refractivity contribution is -0.155. The lowest BCUT2D eigenvalue weighted by atomic mass is 10.1. The molecule has 0 saturated carbocycles. The average molecular weight is 284 g/mol. The van der Waals surface area contributed by atoms with Crippen LogP contribution >= 0.6 is 0 Å². The molecule has 4 nitrogen and oxygen atoms in total. The topological polar surface area (TPSA) is 52.6 Å². The van der Waals surface area contributed by atoms with Gasteiger partial charge in [-0.05, 0) is 31.6 Å². The molecule has 0 aliphatic rings. The van der Waals surface area contributed by atoms with Crippen molar-refractivity contribution in [3.05, 3.63) is 12.7 Å². The number of ether oxygens (including phenoxy) is 2. The van der Waals surface area contributed by atoms with Gasteiger partial charge in [0.25, 0.3) is 0 Å². The van der Waals surface area contributed by atoms with E-state index in [2.05, 4.69) is 6.58 Å². The molecule has 0 aromatic rings. The lowest BCUT2D eigenvalue weighted by Crippen LogP contribution is -2.23. The number of unbranched alkanes of at least 4 members (excludes halogenated alkanes) is 2. The maximum atomic E-state index is 11.6. The minimum absolute atomic E-state index is 0.0718. The molecule has 0 aliphatic heterocycles. The van der Waals surface area contributed by atoms with Crippen molar-refractivity contribution in [2.24, 2.45) is 5.92 Å². The molecule has 0 radical (unpaired) electrons. The van der Waals surface area contributed by atoms with E-state index in [4.69, 9.17) is 9.47 Å². The van der Waals surface area contributed by atoms with Crippen LogP contribution < -0.4 is 0 Å². The van der Waals surface area contributed by atoms with Gasteiger partial charge < -0.3 is 9.47 Å². The van der Waals surface area contributed by atoms with Gasteiger partial charge in [-0.1, -0.05) is 26.8 Å². The molecule has 116 valence electrons. The van der Waals surface area contributed by atoms with Crippen LogP contribution in [0.15, 0.2) is 12.7 Å². The fourth-order valence-electron chi connectivity index (χ4n) is 1.77. The normalized spacial score (nSPS) is 12.0. The molecule has 1 atom stereocenters. The molecule has 20 heavy (non-hydrogen) atoms. The van der Waals surface area contributed by atoms with Crippen LogP contribution in [0, 0.1) is 5.92 Å². The van der Waals surface area contributed by atoms with E-state index in [1.54, 1.807) is 0 Å².